The summed E-state index contributed by atoms with van der Waals surface area (Å²) in [5.41, 5.74) is 0. The highest BCUT2D eigenvalue weighted by Crippen LogP contribution is 2.23. The fourth-order valence-corrected chi connectivity index (χ4v) is 2.29. The van der Waals surface area contributed by atoms with E-state index in [1.807, 2.05) is 0 Å². The largest absolute Gasteiger partial charge is 0.345 e. The van der Waals surface area contributed by atoms with E-state index in [-0.39, 0.29) is 12.0 Å². The van der Waals surface area contributed by atoms with Crippen molar-refractivity contribution in [3.8, 4) is 0 Å². The topological polar surface area (TPSA) is 84.0 Å². The third-order valence-corrected chi connectivity index (χ3v) is 3.43. The highest BCUT2D eigenvalue weighted by Gasteiger charge is 2.25. The normalized spacial score (nSPS) is 22.6. The molecule has 2 N–H and O–H groups in total. The van der Waals surface area contributed by atoms with Gasteiger partial charge in [0.2, 0.25) is 5.95 Å². The average molecular weight is 262 g/mol. The Balaban J connectivity index is 1.87. The molecule has 1 heterocycles. The molecule has 1 saturated carbocycles. The molecule has 1 aliphatic rings. The zero-order chi connectivity index (χ0) is 13.7. The lowest BCUT2D eigenvalue weighted by atomic mass is 9.86. The van der Waals surface area contributed by atoms with E-state index in [4.69, 9.17) is 0 Å². The summed E-state index contributed by atoms with van der Waals surface area (Å²) in [6, 6.07) is 1.73. The maximum atomic E-state index is 11.8. The van der Waals surface area contributed by atoms with Crippen molar-refractivity contribution in [1.29, 1.82) is 0 Å². The van der Waals surface area contributed by atoms with Gasteiger partial charge in [0, 0.05) is 18.4 Å². The van der Waals surface area contributed by atoms with Crippen LogP contribution < -0.4 is 10.6 Å². The lowest BCUT2D eigenvalue weighted by Gasteiger charge is -2.29. The van der Waals surface area contributed by atoms with Crippen molar-refractivity contribution in [2.75, 3.05) is 5.32 Å². The van der Waals surface area contributed by atoms with Crippen LogP contribution in [0.2, 0.25) is 0 Å². The van der Waals surface area contributed by atoms with Gasteiger partial charge in [-0.25, -0.2) is 9.97 Å². The van der Waals surface area contributed by atoms with Gasteiger partial charge >= 0.3 is 11.8 Å². The summed E-state index contributed by atoms with van der Waals surface area (Å²) in [7, 11) is 0. The number of nitrogens with zero attached hydrogens (tertiary/aromatic N) is 2. The second-order valence-electron chi connectivity index (χ2n) is 4.87. The number of nitrogens with one attached hydrogen (secondary N) is 2. The molecule has 1 aromatic heterocycles. The molecule has 2 rings (SSSR count). The molecule has 0 bridgehead atoms. The number of anilines is 1. The van der Waals surface area contributed by atoms with Gasteiger partial charge in [0.25, 0.3) is 0 Å². The molecule has 2 unspecified atom stereocenters. The zero-order valence-electron chi connectivity index (χ0n) is 10.9. The van der Waals surface area contributed by atoms with Gasteiger partial charge in [-0.05, 0) is 24.8 Å². The summed E-state index contributed by atoms with van der Waals surface area (Å²) in [6.45, 7) is 2.10. The van der Waals surface area contributed by atoms with Gasteiger partial charge in [-0.3, -0.25) is 14.9 Å². The summed E-state index contributed by atoms with van der Waals surface area (Å²) >= 11 is 0. The predicted octanol–water partition coefficient (Wildman–Crippen LogP) is 1.11. The maximum Gasteiger partial charge on any atom is 0.316 e. The molecule has 102 valence electrons. The Morgan fingerprint density at radius 1 is 1.16 bits per heavy atom. The second kappa shape index (κ2) is 6.26. The van der Waals surface area contributed by atoms with Crippen LogP contribution in [0.25, 0.3) is 0 Å². The smallest absolute Gasteiger partial charge is 0.316 e. The Morgan fingerprint density at radius 3 is 2.53 bits per heavy atom. The first-order valence-corrected chi connectivity index (χ1v) is 6.55. The van der Waals surface area contributed by atoms with E-state index < -0.39 is 11.8 Å². The Hall–Kier alpha value is -1.98. The third kappa shape index (κ3) is 3.74. The number of aromatic nitrogens is 2. The highest BCUT2D eigenvalue weighted by atomic mass is 16.2. The SMILES string of the molecule is CC1CCCCC1NC(=O)C(=O)Nc1ncccn1. The number of hydrogen-bond donors (Lipinski definition) is 2. The fraction of sp³-hybridized carbons (Fsp3) is 0.538. The molecule has 1 fully saturated rings. The first-order valence-electron chi connectivity index (χ1n) is 6.55. The Labute approximate surface area is 112 Å². The van der Waals surface area contributed by atoms with E-state index in [2.05, 4.69) is 27.5 Å². The van der Waals surface area contributed by atoms with Crippen LogP contribution in [0, 0.1) is 5.92 Å². The molecule has 0 aliphatic heterocycles. The third-order valence-electron chi connectivity index (χ3n) is 3.43. The van der Waals surface area contributed by atoms with E-state index in [1.54, 1.807) is 6.07 Å². The van der Waals surface area contributed by atoms with Crippen molar-refractivity contribution in [3.63, 3.8) is 0 Å². The quantitative estimate of drug-likeness (QED) is 0.782. The zero-order valence-corrected chi connectivity index (χ0v) is 10.9. The van der Waals surface area contributed by atoms with Crippen LogP contribution in [0.5, 0.6) is 0 Å². The molecule has 2 atom stereocenters. The summed E-state index contributed by atoms with van der Waals surface area (Å²) < 4.78 is 0. The Kier molecular flexibility index (Phi) is 4.43. The molecule has 6 nitrogen and oxygen atoms in total. The first kappa shape index (κ1) is 13.5. The van der Waals surface area contributed by atoms with Gasteiger partial charge in [0.05, 0.1) is 0 Å². The van der Waals surface area contributed by atoms with Crippen LogP contribution in [-0.4, -0.2) is 27.8 Å². The van der Waals surface area contributed by atoms with E-state index >= 15 is 0 Å². The average Bonchev–Trinajstić information content (AvgIpc) is 2.42. The van der Waals surface area contributed by atoms with E-state index in [9.17, 15) is 9.59 Å². The van der Waals surface area contributed by atoms with Gasteiger partial charge in [0.15, 0.2) is 0 Å². The maximum absolute atomic E-state index is 11.8. The standard InChI is InChI=1S/C13H18N4O2/c1-9-5-2-3-6-10(9)16-11(18)12(19)17-13-14-7-4-8-15-13/h4,7-10H,2-3,5-6H2,1H3,(H,16,18)(H,14,15,17,19). The molecular formula is C13H18N4O2. The summed E-state index contributed by atoms with van der Waals surface area (Å²) in [5, 5.41) is 5.16. The molecule has 0 saturated heterocycles. The minimum Gasteiger partial charge on any atom is -0.345 e. The summed E-state index contributed by atoms with van der Waals surface area (Å²) in [5.74, 6) is -0.784. The molecule has 19 heavy (non-hydrogen) atoms. The van der Waals surface area contributed by atoms with Gasteiger partial charge in [-0.2, -0.15) is 0 Å². The van der Waals surface area contributed by atoms with E-state index in [0.29, 0.717) is 5.92 Å². The number of carbonyl (C=O) groups excluding carboxylic acids is 2. The first-order chi connectivity index (χ1) is 9.16. The lowest BCUT2D eigenvalue weighted by Crippen LogP contribution is -2.45. The molecule has 0 spiro atoms. The van der Waals surface area contributed by atoms with Gasteiger partial charge in [-0.1, -0.05) is 19.8 Å². The van der Waals surface area contributed by atoms with Crippen LogP contribution in [0.1, 0.15) is 32.6 Å². The van der Waals surface area contributed by atoms with Crippen LogP contribution in [0.3, 0.4) is 0 Å². The molecule has 1 aliphatic carbocycles. The van der Waals surface area contributed by atoms with Crippen molar-refractivity contribution in [2.45, 2.75) is 38.6 Å². The van der Waals surface area contributed by atoms with Crippen molar-refractivity contribution in [1.82, 2.24) is 15.3 Å². The van der Waals surface area contributed by atoms with Crippen molar-refractivity contribution in [3.05, 3.63) is 18.5 Å². The molecule has 0 radical (unpaired) electrons. The molecule has 1 aromatic rings. The van der Waals surface area contributed by atoms with Crippen LogP contribution in [-0.2, 0) is 9.59 Å². The van der Waals surface area contributed by atoms with Gasteiger partial charge < -0.3 is 5.32 Å². The molecule has 2 amide bonds. The van der Waals surface area contributed by atoms with Crippen LogP contribution in [0.4, 0.5) is 5.95 Å². The van der Waals surface area contributed by atoms with Crippen molar-refractivity contribution in [2.24, 2.45) is 5.92 Å². The van der Waals surface area contributed by atoms with Gasteiger partial charge in [0.1, 0.15) is 0 Å². The van der Waals surface area contributed by atoms with Gasteiger partial charge in [-0.15, -0.1) is 0 Å². The van der Waals surface area contributed by atoms with Crippen molar-refractivity contribution < 1.29 is 9.59 Å². The van der Waals surface area contributed by atoms with E-state index in [0.717, 1.165) is 19.3 Å². The highest BCUT2D eigenvalue weighted by molar-refractivity contribution is 6.39. The monoisotopic (exact) mass is 262 g/mol. The summed E-state index contributed by atoms with van der Waals surface area (Å²) in [4.78, 5) is 31.2. The number of rotatable bonds is 2. The van der Waals surface area contributed by atoms with Crippen LogP contribution in [0.15, 0.2) is 18.5 Å². The molecule has 6 heteroatoms. The summed E-state index contributed by atoms with van der Waals surface area (Å²) in [6.07, 6.45) is 7.32. The molecular weight excluding hydrogens is 244 g/mol. The second-order valence-corrected chi connectivity index (χ2v) is 4.87. The number of carbonyl (C=O) groups is 2. The Bertz CT molecular complexity index is 449. The predicted molar refractivity (Wildman–Crippen MR) is 70.2 cm³/mol. The number of hydrogen-bond acceptors (Lipinski definition) is 4. The lowest BCUT2D eigenvalue weighted by molar-refractivity contribution is -0.137. The number of amides is 2. The van der Waals surface area contributed by atoms with Crippen LogP contribution >= 0.6 is 0 Å². The minimum atomic E-state index is -0.719. The fourth-order valence-electron chi connectivity index (χ4n) is 2.29. The molecule has 0 aromatic carbocycles. The minimum absolute atomic E-state index is 0.0868. The van der Waals surface area contributed by atoms with E-state index in [1.165, 1.54) is 18.8 Å². The Morgan fingerprint density at radius 2 is 1.84 bits per heavy atom. The van der Waals surface area contributed by atoms with Crippen molar-refractivity contribution >= 4 is 17.8 Å².